The molecule has 0 aliphatic heterocycles. The molecule has 1 heterocycles. The summed E-state index contributed by atoms with van der Waals surface area (Å²) in [6, 6.07) is 17.8. The number of hydrogen-bond donors (Lipinski definition) is 2. The van der Waals surface area contributed by atoms with Gasteiger partial charge in [-0.1, -0.05) is 62.0 Å². The molecule has 1 amide bonds. The Morgan fingerprint density at radius 2 is 1.76 bits per heavy atom. The number of carbonyl (C=O) groups excluding carboxylic acids is 1. The Balaban J connectivity index is 1.93. The first-order valence-corrected chi connectivity index (χ1v) is 11.5. The predicted octanol–water partition coefficient (Wildman–Crippen LogP) is 5.55. The van der Waals surface area contributed by atoms with Crippen LogP contribution >= 0.6 is 11.8 Å². The zero-order chi connectivity index (χ0) is 24.1. The van der Waals surface area contributed by atoms with Crippen LogP contribution in [0.1, 0.15) is 47.6 Å². The summed E-state index contributed by atoms with van der Waals surface area (Å²) in [4.78, 5) is 16.9. The molecule has 0 atom stereocenters. The molecule has 166 valence electrons. The van der Waals surface area contributed by atoms with Crippen molar-refractivity contribution >= 4 is 29.2 Å². The number of thioether (sulfide) groups is 1. The van der Waals surface area contributed by atoms with Crippen LogP contribution in [0.15, 0.2) is 47.5 Å². The van der Waals surface area contributed by atoms with Crippen molar-refractivity contribution in [1.29, 1.82) is 10.5 Å². The van der Waals surface area contributed by atoms with E-state index in [0.717, 1.165) is 34.1 Å². The molecule has 3 aromatic rings. The first-order chi connectivity index (χ1) is 15.7. The Morgan fingerprint density at radius 3 is 2.36 bits per heavy atom. The van der Waals surface area contributed by atoms with Crippen LogP contribution in [0.3, 0.4) is 0 Å². The highest BCUT2D eigenvalue weighted by Crippen LogP contribution is 2.36. The molecule has 6 nitrogen and oxygen atoms in total. The molecule has 0 fully saturated rings. The van der Waals surface area contributed by atoms with Crippen LogP contribution in [0.5, 0.6) is 0 Å². The molecular weight excluding hydrogens is 430 g/mol. The summed E-state index contributed by atoms with van der Waals surface area (Å²) in [6.45, 7) is 8.08. The van der Waals surface area contributed by atoms with Gasteiger partial charge in [-0.15, -0.1) is 0 Å². The van der Waals surface area contributed by atoms with Gasteiger partial charge in [-0.25, -0.2) is 4.98 Å². The molecule has 1 aromatic heterocycles. The van der Waals surface area contributed by atoms with E-state index in [1.54, 1.807) is 0 Å². The van der Waals surface area contributed by atoms with E-state index in [0.29, 0.717) is 22.1 Å². The Labute approximate surface area is 198 Å². The van der Waals surface area contributed by atoms with E-state index in [2.05, 4.69) is 36.3 Å². The lowest BCUT2D eigenvalue weighted by atomic mass is 9.94. The minimum Gasteiger partial charge on any atom is -0.383 e. The van der Waals surface area contributed by atoms with Crippen LogP contribution in [0.25, 0.3) is 11.1 Å². The van der Waals surface area contributed by atoms with Gasteiger partial charge in [-0.05, 0) is 48.1 Å². The van der Waals surface area contributed by atoms with Crippen LogP contribution in [0.4, 0.5) is 11.5 Å². The van der Waals surface area contributed by atoms with Crippen LogP contribution in [0, 0.1) is 36.5 Å². The van der Waals surface area contributed by atoms with Crippen molar-refractivity contribution in [2.75, 3.05) is 16.8 Å². The van der Waals surface area contributed by atoms with Gasteiger partial charge in [-0.2, -0.15) is 10.5 Å². The van der Waals surface area contributed by atoms with Crippen molar-refractivity contribution in [3.05, 3.63) is 70.3 Å². The minimum absolute atomic E-state index is 0.0388. The summed E-state index contributed by atoms with van der Waals surface area (Å²) in [6.07, 6.45) is 0. The first-order valence-electron chi connectivity index (χ1n) is 10.5. The van der Waals surface area contributed by atoms with E-state index in [-0.39, 0.29) is 28.6 Å². The van der Waals surface area contributed by atoms with Crippen molar-refractivity contribution < 1.29 is 4.79 Å². The summed E-state index contributed by atoms with van der Waals surface area (Å²) >= 11 is 1.12. The number of carbonyl (C=O) groups is 1. The number of nitriles is 2. The maximum Gasteiger partial charge on any atom is 0.234 e. The number of pyridine rings is 1. The van der Waals surface area contributed by atoms with Gasteiger partial charge in [-0.3, -0.25) is 4.79 Å². The van der Waals surface area contributed by atoms with Gasteiger partial charge >= 0.3 is 0 Å². The molecule has 0 saturated carbocycles. The van der Waals surface area contributed by atoms with Gasteiger partial charge in [0.1, 0.15) is 28.5 Å². The number of rotatable bonds is 6. The largest absolute Gasteiger partial charge is 0.383 e. The molecule has 0 radical (unpaired) electrons. The highest BCUT2D eigenvalue weighted by Gasteiger charge is 2.21. The number of anilines is 2. The molecule has 3 rings (SSSR count). The van der Waals surface area contributed by atoms with Crippen LogP contribution in [0.2, 0.25) is 0 Å². The molecule has 0 unspecified atom stereocenters. The van der Waals surface area contributed by atoms with E-state index >= 15 is 0 Å². The molecule has 2 aromatic carbocycles. The Hall–Kier alpha value is -3.81. The van der Waals surface area contributed by atoms with E-state index in [1.165, 1.54) is 0 Å². The number of nitrogens with two attached hydrogens (primary N) is 1. The van der Waals surface area contributed by atoms with E-state index in [1.807, 2.05) is 56.3 Å². The molecule has 3 N–H and O–H groups in total. The number of hydrogen-bond acceptors (Lipinski definition) is 6. The van der Waals surface area contributed by atoms with Crippen LogP contribution in [-0.2, 0) is 4.79 Å². The molecule has 33 heavy (non-hydrogen) atoms. The van der Waals surface area contributed by atoms with Crippen LogP contribution in [-0.4, -0.2) is 16.6 Å². The van der Waals surface area contributed by atoms with Gasteiger partial charge < -0.3 is 11.1 Å². The Bertz CT molecular complexity index is 1280. The number of nitrogens with zero attached hydrogens (tertiary/aromatic N) is 3. The maximum atomic E-state index is 12.6. The van der Waals surface area contributed by atoms with E-state index in [9.17, 15) is 15.3 Å². The summed E-state index contributed by atoms with van der Waals surface area (Å²) in [7, 11) is 0. The molecule has 0 bridgehead atoms. The minimum atomic E-state index is -0.217. The van der Waals surface area contributed by atoms with Crippen molar-refractivity contribution in [2.45, 2.75) is 38.6 Å². The summed E-state index contributed by atoms with van der Waals surface area (Å²) in [5.74, 6) is 0.225. The fraction of sp³-hybridized carbons (Fsp3) is 0.231. The first kappa shape index (κ1) is 23.8. The van der Waals surface area contributed by atoms with Gasteiger partial charge in [0.2, 0.25) is 5.91 Å². The molecule has 0 aliphatic carbocycles. The molecular formula is C26H25N5OS. The smallest absolute Gasteiger partial charge is 0.234 e. The quantitative estimate of drug-likeness (QED) is 0.471. The third-order valence-electron chi connectivity index (χ3n) is 5.29. The fourth-order valence-corrected chi connectivity index (χ4v) is 4.21. The van der Waals surface area contributed by atoms with Crippen molar-refractivity contribution in [3.63, 3.8) is 0 Å². The maximum absolute atomic E-state index is 12.6. The number of amides is 1. The topological polar surface area (TPSA) is 116 Å². The average molecular weight is 456 g/mol. The number of aryl methyl sites for hydroxylation is 2. The zero-order valence-corrected chi connectivity index (χ0v) is 19.9. The number of nitrogens with one attached hydrogen (secondary N) is 1. The third kappa shape index (κ3) is 5.34. The van der Waals surface area contributed by atoms with Gasteiger partial charge in [0.05, 0.1) is 11.3 Å². The van der Waals surface area contributed by atoms with Crippen LogP contribution < -0.4 is 11.1 Å². The number of nitrogen functional groups attached to an aromatic ring is 1. The number of aromatic nitrogens is 1. The lowest BCUT2D eigenvalue weighted by Crippen LogP contribution is -2.15. The SMILES string of the molecule is Cc1ccc(C)c(NC(=O)CSc2nc(N)c(C#N)c(-c3ccc(C(C)C)cc3)c2C#N)c1. The summed E-state index contributed by atoms with van der Waals surface area (Å²) in [5, 5.41) is 22.9. The zero-order valence-electron chi connectivity index (χ0n) is 19.1. The van der Waals surface area contributed by atoms with Crippen molar-refractivity contribution in [1.82, 2.24) is 4.98 Å². The van der Waals surface area contributed by atoms with Gasteiger partial charge in [0.25, 0.3) is 0 Å². The average Bonchev–Trinajstić information content (AvgIpc) is 2.79. The van der Waals surface area contributed by atoms with Crippen molar-refractivity contribution in [2.24, 2.45) is 0 Å². The highest BCUT2D eigenvalue weighted by molar-refractivity contribution is 8.00. The normalized spacial score (nSPS) is 10.5. The highest BCUT2D eigenvalue weighted by atomic mass is 32.2. The molecule has 0 spiro atoms. The van der Waals surface area contributed by atoms with Gasteiger partial charge in [0.15, 0.2) is 0 Å². The second-order valence-electron chi connectivity index (χ2n) is 8.08. The lowest BCUT2D eigenvalue weighted by Gasteiger charge is -2.14. The Morgan fingerprint density at radius 1 is 1.09 bits per heavy atom. The summed E-state index contributed by atoms with van der Waals surface area (Å²) < 4.78 is 0. The third-order valence-corrected chi connectivity index (χ3v) is 6.26. The van der Waals surface area contributed by atoms with Crippen molar-refractivity contribution in [3.8, 4) is 23.3 Å². The lowest BCUT2D eigenvalue weighted by molar-refractivity contribution is -0.113. The van der Waals surface area contributed by atoms with Gasteiger partial charge in [0, 0.05) is 11.3 Å². The second-order valence-corrected chi connectivity index (χ2v) is 9.05. The van der Waals surface area contributed by atoms with E-state index in [4.69, 9.17) is 5.73 Å². The predicted molar refractivity (Wildman–Crippen MR) is 133 cm³/mol. The fourth-order valence-electron chi connectivity index (χ4n) is 3.42. The molecule has 0 saturated heterocycles. The Kier molecular flexibility index (Phi) is 7.37. The summed E-state index contributed by atoms with van der Waals surface area (Å²) in [5.41, 5.74) is 11.5. The number of benzene rings is 2. The molecule has 7 heteroatoms. The second kappa shape index (κ2) is 10.2. The monoisotopic (exact) mass is 455 g/mol. The molecule has 0 aliphatic rings. The van der Waals surface area contributed by atoms with E-state index < -0.39 is 0 Å². The standard InChI is InChI=1S/C26H25N5OS/c1-15(2)18-7-9-19(10-8-18)24-20(12-27)25(29)31-26(21(24)13-28)33-14-23(32)30-22-11-16(3)5-6-17(22)4/h5-11,15H,14H2,1-4H3,(H2,29,31)(H,30,32).